The molecular weight excluding hydrogens is 427 g/mol. The molecule has 1 aromatic carbocycles. The Morgan fingerprint density at radius 3 is 2.41 bits per heavy atom. The van der Waals surface area contributed by atoms with Crippen molar-refractivity contribution in [3.63, 3.8) is 0 Å². The molecule has 0 spiro atoms. The fourth-order valence-corrected chi connectivity index (χ4v) is 4.71. The van der Waals surface area contributed by atoms with Gasteiger partial charge < -0.3 is 14.7 Å². The highest BCUT2D eigenvalue weighted by atomic mass is 35.5. The van der Waals surface area contributed by atoms with Gasteiger partial charge in [-0.1, -0.05) is 11.6 Å². The van der Waals surface area contributed by atoms with Crippen molar-refractivity contribution in [2.75, 3.05) is 47.4 Å². The summed E-state index contributed by atoms with van der Waals surface area (Å²) in [5.41, 5.74) is 1.71. The van der Waals surface area contributed by atoms with E-state index in [-0.39, 0.29) is 5.82 Å². The second-order valence-corrected chi connectivity index (χ2v) is 8.79. The second kappa shape index (κ2) is 8.90. The lowest BCUT2D eigenvalue weighted by molar-refractivity contribution is 0.628. The first-order chi connectivity index (χ1) is 15.6. The van der Waals surface area contributed by atoms with Gasteiger partial charge in [0.05, 0.1) is 10.7 Å². The smallest absolute Gasteiger partial charge is 0.228 e. The number of aromatic nitrogens is 3. The van der Waals surface area contributed by atoms with Gasteiger partial charge in [0.15, 0.2) is 0 Å². The van der Waals surface area contributed by atoms with E-state index in [0.717, 1.165) is 74.4 Å². The number of piperazine rings is 1. The zero-order chi connectivity index (χ0) is 22.1. The van der Waals surface area contributed by atoms with E-state index in [4.69, 9.17) is 21.6 Å². The minimum Gasteiger partial charge on any atom is -0.353 e. The van der Waals surface area contributed by atoms with Gasteiger partial charge in [0.2, 0.25) is 5.95 Å². The van der Waals surface area contributed by atoms with E-state index in [1.165, 1.54) is 12.1 Å². The van der Waals surface area contributed by atoms with Gasteiger partial charge in [0, 0.05) is 56.6 Å². The van der Waals surface area contributed by atoms with Crippen LogP contribution < -0.4 is 14.7 Å². The monoisotopic (exact) mass is 452 g/mol. The summed E-state index contributed by atoms with van der Waals surface area (Å²) in [4.78, 5) is 21.0. The third-order valence-electron chi connectivity index (χ3n) is 6.29. The number of hydrogen-bond donors (Lipinski definition) is 0. The third-order valence-corrected chi connectivity index (χ3v) is 6.59. The molecule has 1 atom stereocenters. The molecule has 0 aliphatic carbocycles. The largest absolute Gasteiger partial charge is 0.353 e. The molecule has 3 aromatic rings. The Hall–Kier alpha value is -2.93. The Morgan fingerprint density at radius 2 is 1.72 bits per heavy atom. The molecular formula is C24H26ClFN6. The van der Waals surface area contributed by atoms with Crippen molar-refractivity contribution in [2.24, 2.45) is 0 Å². The topological polar surface area (TPSA) is 48.4 Å². The highest BCUT2D eigenvalue weighted by Crippen LogP contribution is 2.30. The van der Waals surface area contributed by atoms with Gasteiger partial charge in [-0.15, -0.1) is 0 Å². The second-order valence-electron chi connectivity index (χ2n) is 8.39. The van der Waals surface area contributed by atoms with Gasteiger partial charge in [-0.3, -0.25) is 0 Å². The SMILES string of the molecule is CC1CCCN1c1nc(-c2ccc(F)cc2)cc(N2CCN(c3ncccc3Cl)CC2)n1. The molecule has 166 valence electrons. The van der Waals surface area contributed by atoms with Crippen molar-refractivity contribution in [1.82, 2.24) is 15.0 Å². The lowest BCUT2D eigenvalue weighted by atomic mass is 10.1. The molecule has 1 unspecified atom stereocenters. The van der Waals surface area contributed by atoms with Crippen molar-refractivity contribution in [3.05, 3.63) is 59.5 Å². The Labute approximate surface area is 192 Å². The summed E-state index contributed by atoms with van der Waals surface area (Å²) in [6, 6.07) is 12.7. The number of nitrogens with zero attached hydrogens (tertiary/aromatic N) is 6. The van der Waals surface area contributed by atoms with Crippen LogP contribution in [0.1, 0.15) is 19.8 Å². The van der Waals surface area contributed by atoms with Crippen molar-refractivity contribution in [1.29, 1.82) is 0 Å². The van der Waals surface area contributed by atoms with Crippen molar-refractivity contribution in [2.45, 2.75) is 25.8 Å². The quantitative estimate of drug-likeness (QED) is 0.574. The van der Waals surface area contributed by atoms with E-state index in [2.05, 4.69) is 26.6 Å². The van der Waals surface area contributed by atoms with Gasteiger partial charge in [0.1, 0.15) is 17.5 Å². The number of halogens is 2. The number of rotatable bonds is 4. The summed E-state index contributed by atoms with van der Waals surface area (Å²) < 4.78 is 13.5. The minimum atomic E-state index is -0.249. The van der Waals surface area contributed by atoms with Crippen LogP contribution in [0, 0.1) is 5.82 Å². The molecule has 2 fully saturated rings. The average molecular weight is 453 g/mol. The molecule has 2 aromatic heterocycles. The standard InChI is InChI=1S/C24H26ClFN6/c1-17-4-3-11-32(17)24-28-21(18-6-8-19(26)9-7-18)16-22(29-24)30-12-14-31(15-13-30)23-20(25)5-2-10-27-23/h2,5-10,16-17H,3-4,11-15H2,1H3. The molecule has 6 nitrogen and oxygen atoms in total. The first-order valence-electron chi connectivity index (χ1n) is 11.1. The summed E-state index contributed by atoms with van der Waals surface area (Å²) in [6.45, 7) is 6.41. The maximum Gasteiger partial charge on any atom is 0.228 e. The summed E-state index contributed by atoms with van der Waals surface area (Å²) in [7, 11) is 0. The number of benzene rings is 1. The molecule has 2 saturated heterocycles. The molecule has 32 heavy (non-hydrogen) atoms. The molecule has 8 heteroatoms. The lowest BCUT2D eigenvalue weighted by Crippen LogP contribution is -2.47. The molecule has 2 aliphatic heterocycles. The van der Waals surface area contributed by atoms with Crippen LogP contribution in [0.2, 0.25) is 5.02 Å². The van der Waals surface area contributed by atoms with Crippen LogP contribution in [0.15, 0.2) is 48.7 Å². The van der Waals surface area contributed by atoms with E-state index < -0.39 is 0 Å². The van der Waals surface area contributed by atoms with Crippen LogP contribution in [0.5, 0.6) is 0 Å². The Kier molecular flexibility index (Phi) is 5.83. The fourth-order valence-electron chi connectivity index (χ4n) is 4.47. The van der Waals surface area contributed by atoms with Crippen LogP contribution in [0.3, 0.4) is 0 Å². The number of pyridine rings is 1. The van der Waals surface area contributed by atoms with Gasteiger partial charge >= 0.3 is 0 Å². The Balaban J connectivity index is 1.43. The first-order valence-corrected chi connectivity index (χ1v) is 11.5. The predicted octanol–water partition coefficient (Wildman–Crippen LogP) is 4.65. The maximum absolute atomic E-state index is 13.5. The van der Waals surface area contributed by atoms with E-state index in [0.29, 0.717) is 11.1 Å². The van der Waals surface area contributed by atoms with Crippen LogP contribution >= 0.6 is 11.6 Å². The molecule has 4 heterocycles. The first kappa shape index (κ1) is 20.9. The van der Waals surface area contributed by atoms with Crippen LogP contribution in [-0.2, 0) is 0 Å². The zero-order valence-corrected chi connectivity index (χ0v) is 18.8. The predicted molar refractivity (Wildman–Crippen MR) is 127 cm³/mol. The molecule has 2 aliphatic rings. The number of anilines is 3. The summed E-state index contributed by atoms with van der Waals surface area (Å²) in [6.07, 6.45) is 4.06. The fraction of sp³-hybridized carbons (Fsp3) is 0.375. The molecule has 0 amide bonds. The molecule has 0 saturated carbocycles. The highest BCUT2D eigenvalue weighted by Gasteiger charge is 2.26. The highest BCUT2D eigenvalue weighted by molar-refractivity contribution is 6.32. The zero-order valence-electron chi connectivity index (χ0n) is 18.1. The van der Waals surface area contributed by atoms with Crippen molar-refractivity contribution < 1.29 is 4.39 Å². The van der Waals surface area contributed by atoms with E-state index in [1.54, 1.807) is 18.3 Å². The van der Waals surface area contributed by atoms with Gasteiger partial charge in [0.25, 0.3) is 0 Å². The summed E-state index contributed by atoms with van der Waals surface area (Å²) in [5.74, 6) is 2.23. The van der Waals surface area contributed by atoms with E-state index >= 15 is 0 Å². The van der Waals surface area contributed by atoms with E-state index in [9.17, 15) is 4.39 Å². The van der Waals surface area contributed by atoms with Crippen LogP contribution in [0.25, 0.3) is 11.3 Å². The van der Waals surface area contributed by atoms with Gasteiger partial charge in [-0.2, -0.15) is 4.98 Å². The molecule has 0 bridgehead atoms. The van der Waals surface area contributed by atoms with Crippen molar-refractivity contribution in [3.8, 4) is 11.3 Å². The van der Waals surface area contributed by atoms with Crippen LogP contribution in [-0.4, -0.2) is 53.7 Å². The Bertz CT molecular complexity index is 1080. The minimum absolute atomic E-state index is 0.249. The van der Waals surface area contributed by atoms with Gasteiger partial charge in [-0.25, -0.2) is 14.4 Å². The average Bonchev–Trinajstić information content (AvgIpc) is 3.26. The number of hydrogen-bond acceptors (Lipinski definition) is 6. The Morgan fingerprint density at radius 1 is 0.969 bits per heavy atom. The van der Waals surface area contributed by atoms with Gasteiger partial charge in [-0.05, 0) is 56.2 Å². The molecule has 0 radical (unpaired) electrons. The summed E-state index contributed by atoms with van der Waals surface area (Å²) in [5, 5.41) is 0.673. The molecule has 5 rings (SSSR count). The van der Waals surface area contributed by atoms with E-state index in [1.807, 2.05) is 18.2 Å². The summed E-state index contributed by atoms with van der Waals surface area (Å²) >= 11 is 6.35. The van der Waals surface area contributed by atoms with Crippen LogP contribution in [0.4, 0.5) is 22.0 Å². The molecule has 0 N–H and O–H groups in total. The lowest BCUT2D eigenvalue weighted by Gasteiger charge is -2.36. The van der Waals surface area contributed by atoms with Crippen molar-refractivity contribution >= 4 is 29.2 Å². The maximum atomic E-state index is 13.5. The third kappa shape index (κ3) is 4.21. The normalized spacial score (nSPS) is 19.0.